The maximum absolute atomic E-state index is 11.7. The monoisotopic (exact) mass is 355 g/mol. The van der Waals surface area contributed by atoms with Crippen molar-refractivity contribution in [2.75, 3.05) is 12.0 Å². The average Bonchev–Trinajstić information content (AvgIpc) is 2.50. The van der Waals surface area contributed by atoms with Gasteiger partial charge in [0.1, 0.15) is 5.75 Å². The molecule has 0 aliphatic heterocycles. The topological polar surface area (TPSA) is 93.5 Å². The summed E-state index contributed by atoms with van der Waals surface area (Å²) in [6.45, 7) is -0.111. The quantitative estimate of drug-likeness (QED) is 0.480. The van der Waals surface area contributed by atoms with E-state index in [2.05, 4.69) is 10.6 Å². The van der Waals surface area contributed by atoms with Crippen LogP contribution in [0.2, 0.25) is 10.0 Å². The maximum atomic E-state index is 11.7. The minimum Gasteiger partial charge on any atom is -0.472 e. The Morgan fingerprint density at radius 3 is 2.48 bits per heavy atom. The second-order valence-corrected chi connectivity index (χ2v) is 5.14. The van der Waals surface area contributed by atoms with E-state index in [1.54, 1.807) is 12.1 Å². The molecule has 0 saturated carbocycles. The van der Waals surface area contributed by atoms with E-state index in [9.17, 15) is 14.9 Å². The van der Waals surface area contributed by atoms with Crippen molar-refractivity contribution in [1.29, 1.82) is 0 Å². The van der Waals surface area contributed by atoms with Crippen LogP contribution in [0.4, 0.5) is 16.2 Å². The van der Waals surface area contributed by atoms with Crippen molar-refractivity contribution in [2.45, 2.75) is 0 Å². The number of rotatable bonds is 5. The largest absolute Gasteiger partial charge is 0.472 e. The lowest BCUT2D eigenvalue weighted by Gasteiger charge is -2.10. The van der Waals surface area contributed by atoms with Crippen LogP contribution >= 0.6 is 23.2 Å². The van der Waals surface area contributed by atoms with E-state index in [-0.39, 0.29) is 12.4 Å². The normalized spacial score (nSPS) is 10.0. The fraction of sp³-hybridized carbons (Fsp3) is 0.0714. The van der Waals surface area contributed by atoms with Gasteiger partial charge in [0.15, 0.2) is 6.73 Å². The number of benzene rings is 2. The minimum atomic E-state index is -0.524. The van der Waals surface area contributed by atoms with Crippen LogP contribution in [0, 0.1) is 10.1 Å². The SMILES string of the molecule is O=C(NCOc1ccc(Cl)cc1Cl)Nc1ccc([N+](=O)[O-])cc1. The summed E-state index contributed by atoms with van der Waals surface area (Å²) in [5.74, 6) is 0.381. The van der Waals surface area contributed by atoms with Gasteiger partial charge in [0.2, 0.25) is 0 Å². The summed E-state index contributed by atoms with van der Waals surface area (Å²) in [7, 11) is 0. The predicted molar refractivity (Wildman–Crippen MR) is 87.2 cm³/mol. The van der Waals surface area contributed by atoms with E-state index < -0.39 is 11.0 Å². The van der Waals surface area contributed by atoms with Crippen molar-refractivity contribution >= 4 is 40.6 Å². The summed E-state index contributed by atoms with van der Waals surface area (Å²) in [6.07, 6.45) is 0. The van der Waals surface area contributed by atoms with Gasteiger partial charge >= 0.3 is 6.03 Å². The molecule has 0 spiro atoms. The summed E-state index contributed by atoms with van der Waals surface area (Å²) >= 11 is 11.7. The molecule has 2 aromatic carbocycles. The number of non-ortho nitro benzene ring substituents is 1. The first-order valence-corrected chi connectivity index (χ1v) is 7.08. The average molecular weight is 356 g/mol. The number of anilines is 1. The van der Waals surface area contributed by atoms with Crippen LogP contribution in [0.25, 0.3) is 0 Å². The van der Waals surface area contributed by atoms with Gasteiger partial charge in [0.05, 0.1) is 9.95 Å². The van der Waals surface area contributed by atoms with Crippen LogP contribution < -0.4 is 15.4 Å². The van der Waals surface area contributed by atoms with Gasteiger partial charge in [-0.3, -0.25) is 10.1 Å². The van der Waals surface area contributed by atoms with E-state index in [4.69, 9.17) is 27.9 Å². The van der Waals surface area contributed by atoms with Crippen LogP contribution in [0.3, 0.4) is 0 Å². The number of hydrogen-bond acceptors (Lipinski definition) is 4. The van der Waals surface area contributed by atoms with Crippen molar-refractivity contribution in [3.8, 4) is 5.75 Å². The Balaban J connectivity index is 1.82. The third-order valence-electron chi connectivity index (χ3n) is 2.69. The van der Waals surface area contributed by atoms with Crippen molar-refractivity contribution in [3.63, 3.8) is 0 Å². The number of nitrogens with zero attached hydrogens (tertiary/aromatic N) is 1. The van der Waals surface area contributed by atoms with Crippen molar-refractivity contribution < 1.29 is 14.5 Å². The van der Waals surface area contributed by atoms with Gasteiger partial charge in [-0.15, -0.1) is 0 Å². The Morgan fingerprint density at radius 2 is 1.87 bits per heavy atom. The number of amides is 2. The molecule has 0 radical (unpaired) electrons. The molecular formula is C14H11Cl2N3O4. The molecule has 0 fully saturated rings. The number of urea groups is 1. The summed E-state index contributed by atoms with van der Waals surface area (Å²) in [6, 6.07) is 9.63. The second kappa shape index (κ2) is 7.66. The van der Waals surface area contributed by atoms with Crippen LogP contribution in [-0.2, 0) is 0 Å². The third-order valence-corrected chi connectivity index (χ3v) is 3.22. The van der Waals surface area contributed by atoms with Crippen molar-refractivity contribution in [2.24, 2.45) is 0 Å². The van der Waals surface area contributed by atoms with Gasteiger partial charge in [-0.05, 0) is 30.3 Å². The fourth-order valence-corrected chi connectivity index (χ4v) is 2.08. The smallest absolute Gasteiger partial charge is 0.321 e. The number of nitro groups is 1. The Morgan fingerprint density at radius 1 is 1.17 bits per heavy atom. The molecule has 23 heavy (non-hydrogen) atoms. The Hall–Kier alpha value is -2.51. The lowest BCUT2D eigenvalue weighted by atomic mass is 10.3. The zero-order chi connectivity index (χ0) is 16.8. The molecule has 2 rings (SSSR count). The highest BCUT2D eigenvalue weighted by atomic mass is 35.5. The van der Waals surface area contributed by atoms with Crippen LogP contribution in [-0.4, -0.2) is 17.7 Å². The van der Waals surface area contributed by atoms with E-state index >= 15 is 0 Å². The van der Waals surface area contributed by atoms with Crippen LogP contribution in [0.5, 0.6) is 5.75 Å². The highest BCUT2D eigenvalue weighted by Gasteiger charge is 2.07. The Kier molecular flexibility index (Phi) is 5.61. The molecule has 0 unspecified atom stereocenters. The number of nitrogens with one attached hydrogen (secondary N) is 2. The number of nitro benzene ring substituents is 1. The third kappa shape index (κ3) is 5.01. The summed E-state index contributed by atoms with van der Waals surface area (Å²) in [5.41, 5.74) is 0.356. The number of hydrogen-bond donors (Lipinski definition) is 2. The van der Waals surface area contributed by atoms with Crippen LogP contribution in [0.15, 0.2) is 42.5 Å². The first kappa shape index (κ1) is 16.9. The molecule has 2 N–H and O–H groups in total. The molecule has 0 saturated heterocycles. The van der Waals surface area contributed by atoms with Gasteiger partial charge in [-0.1, -0.05) is 23.2 Å². The van der Waals surface area contributed by atoms with Crippen molar-refractivity contribution in [1.82, 2.24) is 5.32 Å². The van der Waals surface area contributed by atoms with E-state index in [1.165, 1.54) is 30.3 Å². The van der Waals surface area contributed by atoms with Crippen LogP contribution in [0.1, 0.15) is 0 Å². The standard InChI is InChI=1S/C14H11Cl2N3O4/c15-9-1-6-13(12(16)7-9)23-8-17-14(20)18-10-2-4-11(5-3-10)19(21)22/h1-7H,8H2,(H2,17,18,20). The number of carbonyl (C=O) groups excluding carboxylic acids is 1. The lowest BCUT2D eigenvalue weighted by Crippen LogP contribution is -2.32. The second-order valence-electron chi connectivity index (χ2n) is 4.30. The van der Waals surface area contributed by atoms with E-state index in [0.29, 0.717) is 21.5 Å². The highest BCUT2D eigenvalue weighted by molar-refractivity contribution is 6.35. The summed E-state index contributed by atoms with van der Waals surface area (Å²) in [4.78, 5) is 21.7. The first-order chi connectivity index (χ1) is 11.0. The van der Waals surface area contributed by atoms with Crippen molar-refractivity contribution in [3.05, 3.63) is 62.6 Å². The summed E-state index contributed by atoms with van der Waals surface area (Å²) in [5, 5.41) is 16.3. The summed E-state index contributed by atoms with van der Waals surface area (Å²) < 4.78 is 5.30. The molecular weight excluding hydrogens is 345 g/mol. The zero-order valence-electron chi connectivity index (χ0n) is 11.6. The molecule has 0 heterocycles. The molecule has 120 valence electrons. The number of carbonyl (C=O) groups is 1. The van der Waals surface area contributed by atoms with Gasteiger partial charge in [0, 0.05) is 22.8 Å². The molecule has 0 bridgehead atoms. The lowest BCUT2D eigenvalue weighted by molar-refractivity contribution is -0.384. The van der Waals surface area contributed by atoms with Gasteiger partial charge in [-0.25, -0.2) is 4.79 Å². The number of ether oxygens (including phenoxy) is 1. The minimum absolute atomic E-state index is 0.0586. The fourth-order valence-electron chi connectivity index (χ4n) is 1.61. The van der Waals surface area contributed by atoms with Gasteiger partial charge in [-0.2, -0.15) is 0 Å². The molecule has 0 aliphatic carbocycles. The molecule has 0 aromatic heterocycles. The molecule has 9 heteroatoms. The molecule has 2 aromatic rings. The Labute approximate surface area is 141 Å². The highest BCUT2D eigenvalue weighted by Crippen LogP contribution is 2.27. The molecule has 0 aliphatic rings. The Bertz CT molecular complexity index is 722. The van der Waals surface area contributed by atoms with E-state index in [1.807, 2.05) is 0 Å². The zero-order valence-corrected chi connectivity index (χ0v) is 13.1. The van der Waals surface area contributed by atoms with E-state index in [0.717, 1.165) is 0 Å². The van der Waals surface area contributed by atoms with Gasteiger partial charge < -0.3 is 15.4 Å². The first-order valence-electron chi connectivity index (χ1n) is 6.33. The molecule has 2 amide bonds. The number of halogens is 2. The molecule has 0 atom stereocenters. The van der Waals surface area contributed by atoms with Gasteiger partial charge in [0.25, 0.3) is 5.69 Å². The molecule has 7 nitrogen and oxygen atoms in total. The maximum Gasteiger partial charge on any atom is 0.321 e. The predicted octanol–water partition coefficient (Wildman–Crippen LogP) is 4.06.